The highest BCUT2D eigenvalue weighted by molar-refractivity contribution is 7.10. The second-order valence-electron chi connectivity index (χ2n) is 4.17. The number of thiophene rings is 1. The van der Waals surface area contributed by atoms with Crippen molar-refractivity contribution in [3.8, 4) is 0 Å². The van der Waals surface area contributed by atoms with Gasteiger partial charge >= 0.3 is 6.18 Å². The fraction of sp³-hybridized carbons (Fsp3) is 0.364. The summed E-state index contributed by atoms with van der Waals surface area (Å²) in [6.45, 7) is 0. The van der Waals surface area contributed by atoms with Gasteiger partial charge in [0, 0.05) is 17.4 Å². The van der Waals surface area contributed by atoms with Crippen molar-refractivity contribution in [2.24, 2.45) is 0 Å². The Balaban J connectivity index is 1.97. The lowest BCUT2D eigenvalue weighted by Gasteiger charge is -2.32. The van der Waals surface area contributed by atoms with Crippen molar-refractivity contribution in [2.45, 2.75) is 24.7 Å². The monoisotopic (exact) mass is 273 g/mol. The highest BCUT2D eigenvalue weighted by Crippen LogP contribution is 2.43. The molecule has 1 aliphatic rings. The molecule has 7 heteroatoms. The van der Waals surface area contributed by atoms with Crippen LogP contribution in [0, 0.1) is 0 Å². The third-order valence-corrected chi connectivity index (χ3v) is 4.00. The van der Waals surface area contributed by atoms with Crippen molar-refractivity contribution in [3.05, 3.63) is 34.7 Å². The average Bonchev–Trinajstić information content (AvgIpc) is 2.97. The second kappa shape index (κ2) is 4.01. The molecular formula is C11H10F3N3S. The maximum atomic E-state index is 13.0. The first kappa shape index (κ1) is 11.6. The van der Waals surface area contributed by atoms with E-state index in [0.717, 1.165) is 9.56 Å². The highest BCUT2D eigenvalue weighted by atomic mass is 32.1. The van der Waals surface area contributed by atoms with Gasteiger partial charge in [0.25, 0.3) is 0 Å². The minimum absolute atomic E-state index is 0.0291. The largest absolute Gasteiger partial charge is 0.410 e. The van der Waals surface area contributed by atoms with Gasteiger partial charge in [-0.15, -0.1) is 11.3 Å². The molecule has 2 aromatic heterocycles. The number of alkyl halides is 3. The van der Waals surface area contributed by atoms with Crippen molar-refractivity contribution in [2.75, 3.05) is 5.32 Å². The first-order valence-electron chi connectivity index (χ1n) is 5.46. The van der Waals surface area contributed by atoms with Crippen molar-refractivity contribution in [3.63, 3.8) is 0 Å². The second-order valence-corrected chi connectivity index (χ2v) is 5.15. The third kappa shape index (κ3) is 1.88. The molecule has 2 aromatic rings. The van der Waals surface area contributed by atoms with Crippen LogP contribution in [-0.4, -0.2) is 16.0 Å². The summed E-state index contributed by atoms with van der Waals surface area (Å²) >= 11 is 1.46. The number of halogens is 3. The van der Waals surface area contributed by atoms with E-state index >= 15 is 0 Å². The third-order valence-electron chi connectivity index (χ3n) is 3.01. The minimum Gasteiger partial charge on any atom is -0.363 e. The lowest BCUT2D eigenvalue weighted by molar-refractivity contribution is -0.173. The number of hydrogen-bond acceptors (Lipinski definition) is 3. The van der Waals surface area contributed by atoms with Gasteiger partial charge in [-0.2, -0.15) is 18.3 Å². The Labute approximate surface area is 105 Å². The summed E-state index contributed by atoms with van der Waals surface area (Å²) in [4.78, 5) is 0.914. The molecule has 0 unspecified atom stereocenters. The van der Waals surface area contributed by atoms with Crippen LogP contribution >= 0.6 is 11.3 Å². The number of hydrogen-bond donors (Lipinski definition) is 1. The number of nitrogens with one attached hydrogen (secondary N) is 1. The van der Waals surface area contributed by atoms with Crippen molar-refractivity contribution in [1.29, 1.82) is 0 Å². The molecule has 96 valence electrons. The topological polar surface area (TPSA) is 29.9 Å². The predicted molar refractivity (Wildman–Crippen MR) is 62.6 cm³/mol. The molecule has 0 aromatic carbocycles. The molecule has 0 bridgehead atoms. The van der Waals surface area contributed by atoms with Gasteiger partial charge in [0.15, 0.2) is 6.04 Å². The minimum atomic E-state index is -4.28. The van der Waals surface area contributed by atoms with Gasteiger partial charge in [-0.3, -0.25) is 0 Å². The Morgan fingerprint density at radius 3 is 2.89 bits per heavy atom. The fourth-order valence-corrected chi connectivity index (χ4v) is 2.98. The van der Waals surface area contributed by atoms with Crippen LogP contribution in [0.2, 0.25) is 0 Å². The van der Waals surface area contributed by atoms with E-state index in [0.29, 0.717) is 5.82 Å². The normalized spacial score (nSPS) is 23.5. The summed E-state index contributed by atoms with van der Waals surface area (Å²) in [5.41, 5.74) is 0. The molecule has 3 nitrogen and oxygen atoms in total. The lowest BCUT2D eigenvalue weighted by Crippen LogP contribution is -2.35. The van der Waals surface area contributed by atoms with Crippen LogP contribution in [0.25, 0.3) is 0 Å². The van der Waals surface area contributed by atoms with E-state index < -0.39 is 12.2 Å². The molecule has 0 aliphatic carbocycles. The van der Waals surface area contributed by atoms with Gasteiger partial charge in [-0.25, -0.2) is 4.68 Å². The van der Waals surface area contributed by atoms with Crippen LogP contribution in [-0.2, 0) is 0 Å². The molecule has 0 spiro atoms. The Morgan fingerprint density at radius 1 is 1.39 bits per heavy atom. The first-order valence-corrected chi connectivity index (χ1v) is 6.34. The van der Waals surface area contributed by atoms with E-state index in [1.54, 1.807) is 6.07 Å². The van der Waals surface area contributed by atoms with E-state index in [4.69, 9.17) is 0 Å². The molecule has 0 saturated carbocycles. The van der Waals surface area contributed by atoms with Gasteiger partial charge in [0.2, 0.25) is 0 Å². The zero-order valence-corrected chi connectivity index (χ0v) is 10.0. The summed E-state index contributed by atoms with van der Waals surface area (Å²) in [6, 6.07) is 3.40. The molecular weight excluding hydrogens is 263 g/mol. The average molecular weight is 273 g/mol. The fourth-order valence-electron chi connectivity index (χ4n) is 2.19. The zero-order chi connectivity index (χ0) is 12.8. The molecule has 0 radical (unpaired) electrons. The van der Waals surface area contributed by atoms with Crippen LogP contribution in [0.5, 0.6) is 0 Å². The van der Waals surface area contributed by atoms with Gasteiger partial charge in [-0.1, -0.05) is 6.07 Å². The molecule has 0 amide bonds. The standard InChI is InChI=1S/C11H10F3N3S/c12-11(13,14)9-6-7(8-2-1-5-18-8)16-10-3-4-15-17(9)10/h1-5,7,9,16H,6H2/t7-,9+/m0/s1. The van der Waals surface area contributed by atoms with Crippen LogP contribution in [0.3, 0.4) is 0 Å². The van der Waals surface area contributed by atoms with E-state index in [2.05, 4.69) is 10.4 Å². The lowest BCUT2D eigenvalue weighted by atomic mass is 10.0. The number of rotatable bonds is 1. The molecule has 1 aliphatic heterocycles. The Kier molecular flexibility index (Phi) is 2.58. The maximum absolute atomic E-state index is 13.0. The summed E-state index contributed by atoms with van der Waals surface area (Å²) in [5, 5.41) is 8.72. The summed E-state index contributed by atoms with van der Waals surface area (Å²) in [7, 11) is 0. The molecule has 0 saturated heterocycles. The van der Waals surface area contributed by atoms with Crippen molar-refractivity contribution < 1.29 is 13.2 Å². The smallest absolute Gasteiger partial charge is 0.363 e. The van der Waals surface area contributed by atoms with Gasteiger partial charge in [-0.05, 0) is 11.4 Å². The van der Waals surface area contributed by atoms with Crippen LogP contribution < -0.4 is 5.32 Å². The first-order chi connectivity index (χ1) is 8.55. The number of fused-ring (bicyclic) bond motifs is 1. The van der Waals surface area contributed by atoms with Crippen LogP contribution in [0.15, 0.2) is 29.8 Å². The van der Waals surface area contributed by atoms with Crippen molar-refractivity contribution >= 4 is 17.2 Å². The molecule has 18 heavy (non-hydrogen) atoms. The Morgan fingerprint density at radius 2 is 2.22 bits per heavy atom. The van der Waals surface area contributed by atoms with E-state index in [1.165, 1.54) is 17.5 Å². The number of anilines is 1. The highest BCUT2D eigenvalue weighted by Gasteiger charge is 2.46. The zero-order valence-electron chi connectivity index (χ0n) is 9.19. The summed E-state index contributed by atoms with van der Waals surface area (Å²) in [5.74, 6) is 0.418. The van der Waals surface area contributed by atoms with E-state index in [-0.39, 0.29) is 12.5 Å². The van der Waals surface area contributed by atoms with Gasteiger partial charge in [0.05, 0.1) is 12.2 Å². The maximum Gasteiger partial charge on any atom is 0.410 e. The summed E-state index contributed by atoms with van der Waals surface area (Å²) in [6.07, 6.45) is -2.92. The van der Waals surface area contributed by atoms with Crippen molar-refractivity contribution in [1.82, 2.24) is 9.78 Å². The molecule has 2 atom stereocenters. The number of aromatic nitrogens is 2. The molecule has 3 heterocycles. The summed E-state index contributed by atoms with van der Waals surface area (Å²) < 4.78 is 40.1. The van der Waals surface area contributed by atoms with E-state index in [1.807, 2.05) is 17.5 Å². The van der Waals surface area contributed by atoms with Gasteiger partial charge < -0.3 is 5.32 Å². The van der Waals surface area contributed by atoms with E-state index in [9.17, 15) is 13.2 Å². The van der Waals surface area contributed by atoms with Crippen LogP contribution in [0.4, 0.5) is 19.0 Å². The molecule has 0 fully saturated rings. The predicted octanol–water partition coefficient (Wildman–Crippen LogP) is 3.60. The quantitative estimate of drug-likeness (QED) is 0.860. The Hall–Kier alpha value is -1.50. The Bertz CT molecular complexity index is 532. The van der Waals surface area contributed by atoms with Gasteiger partial charge in [0.1, 0.15) is 5.82 Å². The molecule has 3 rings (SSSR count). The molecule has 1 N–H and O–H groups in total. The SMILES string of the molecule is FC(F)(F)[C@H]1C[C@@H](c2cccs2)Nc2ccnn21. The number of nitrogens with zero attached hydrogens (tertiary/aromatic N) is 2. The van der Waals surface area contributed by atoms with Crippen LogP contribution in [0.1, 0.15) is 23.4 Å².